The monoisotopic (exact) mass is 397 g/mol. The van der Waals surface area contributed by atoms with Gasteiger partial charge in [-0.15, -0.1) is 0 Å². The van der Waals surface area contributed by atoms with E-state index in [-0.39, 0.29) is 13.0 Å². The Morgan fingerprint density at radius 1 is 1.31 bits per heavy atom. The summed E-state index contributed by atoms with van der Waals surface area (Å²) < 4.78 is 1.71. The van der Waals surface area contributed by atoms with Crippen molar-refractivity contribution in [3.8, 4) is 5.69 Å². The van der Waals surface area contributed by atoms with E-state index in [1.807, 2.05) is 0 Å². The molecule has 3 rings (SSSR count). The van der Waals surface area contributed by atoms with Crippen molar-refractivity contribution in [3.63, 3.8) is 0 Å². The van der Waals surface area contributed by atoms with Crippen LogP contribution in [0.4, 0.5) is 10.5 Å². The number of hydrogen-bond donors (Lipinski definition) is 2. The zero-order valence-electron chi connectivity index (χ0n) is 15.6. The fraction of sp³-hybridized carbons (Fsp3) is 0.211. The number of carboxylic acids is 1. The number of anilines is 1. The third kappa shape index (κ3) is 4.32. The molecule has 3 amide bonds. The Hall–Kier alpha value is -3.95. The summed E-state index contributed by atoms with van der Waals surface area (Å²) in [7, 11) is 1.49. The van der Waals surface area contributed by atoms with E-state index in [0.29, 0.717) is 11.4 Å². The molecule has 0 unspecified atom stereocenters. The maximum Gasteiger partial charge on any atom is 0.323 e. The fourth-order valence-electron chi connectivity index (χ4n) is 2.86. The maximum atomic E-state index is 12.9. The molecule has 0 radical (unpaired) electrons. The normalized spacial score (nSPS) is 16.0. The number of imidazole rings is 1. The van der Waals surface area contributed by atoms with Crippen molar-refractivity contribution >= 4 is 29.4 Å². The highest BCUT2D eigenvalue weighted by molar-refractivity contribution is 6.19. The van der Waals surface area contributed by atoms with Gasteiger partial charge >= 0.3 is 12.0 Å². The molecule has 2 heterocycles. The van der Waals surface area contributed by atoms with Crippen LogP contribution in [0.25, 0.3) is 5.69 Å². The summed E-state index contributed by atoms with van der Waals surface area (Å²) in [5, 5.41) is 11.3. The smallest absolute Gasteiger partial charge is 0.323 e. The van der Waals surface area contributed by atoms with Gasteiger partial charge < -0.3 is 19.9 Å². The number of nitrogens with zero attached hydrogens (tertiary/aromatic N) is 4. The lowest BCUT2D eigenvalue weighted by molar-refractivity contribution is -0.137. The van der Waals surface area contributed by atoms with Crippen LogP contribution in [0.15, 0.2) is 55.3 Å². The van der Waals surface area contributed by atoms with Crippen molar-refractivity contribution in [1.82, 2.24) is 19.8 Å². The van der Waals surface area contributed by atoms with Crippen LogP contribution in [0.5, 0.6) is 0 Å². The second-order valence-electron chi connectivity index (χ2n) is 6.31. The number of benzene rings is 1. The average Bonchev–Trinajstić information content (AvgIpc) is 3.23. The van der Waals surface area contributed by atoms with Gasteiger partial charge in [-0.1, -0.05) is 6.07 Å². The third-order valence-corrected chi connectivity index (χ3v) is 4.32. The van der Waals surface area contributed by atoms with Gasteiger partial charge in [0, 0.05) is 49.6 Å². The number of rotatable bonds is 6. The first-order valence-electron chi connectivity index (χ1n) is 8.74. The van der Waals surface area contributed by atoms with Crippen molar-refractivity contribution in [2.45, 2.75) is 12.5 Å². The molecule has 1 atom stereocenters. The van der Waals surface area contributed by atoms with Crippen LogP contribution in [0.1, 0.15) is 6.42 Å². The van der Waals surface area contributed by atoms with Crippen molar-refractivity contribution in [2.75, 3.05) is 18.5 Å². The van der Waals surface area contributed by atoms with Gasteiger partial charge in [0.05, 0.1) is 12.7 Å². The number of carbonyl (C=O) groups excluding carboxylic acids is 3. The second-order valence-corrected chi connectivity index (χ2v) is 6.31. The van der Waals surface area contributed by atoms with Crippen molar-refractivity contribution < 1.29 is 24.3 Å². The molecule has 0 aliphatic carbocycles. The topological polar surface area (TPSA) is 125 Å². The molecule has 150 valence electrons. The zero-order valence-corrected chi connectivity index (χ0v) is 15.6. The number of nitrogens with one attached hydrogen (secondary N) is 1. The van der Waals surface area contributed by atoms with Gasteiger partial charge in [0.25, 0.3) is 5.91 Å². The lowest BCUT2D eigenvalue weighted by Crippen LogP contribution is -2.57. The molecule has 2 aromatic rings. The molecule has 0 saturated heterocycles. The number of aliphatic carboxylic acids is 1. The predicted molar refractivity (Wildman–Crippen MR) is 102 cm³/mol. The minimum Gasteiger partial charge on any atom is -0.481 e. The maximum absolute atomic E-state index is 12.9. The predicted octanol–water partition coefficient (Wildman–Crippen LogP) is 0.786. The molecule has 10 heteroatoms. The second kappa shape index (κ2) is 8.38. The quantitative estimate of drug-likeness (QED) is 0.694. The highest BCUT2D eigenvalue weighted by Gasteiger charge is 2.39. The van der Waals surface area contributed by atoms with Crippen LogP contribution >= 0.6 is 0 Å². The Labute approximate surface area is 166 Å². The number of carbonyl (C=O) groups is 4. The number of aromatic nitrogens is 2. The number of amides is 3. The number of carboxylic acid groups (broad SMARTS) is 1. The molecule has 0 fully saturated rings. The van der Waals surface area contributed by atoms with Crippen LogP contribution in [0.3, 0.4) is 0 Å². The van der Waals surface area contributed by atoms with Crippen LogP contribution in [0.2, 0.25) is 0 Å². The van der Waals surface area contributed by atoms with Crippen LogP contribution in [-0.2, 0) is 14.4 Å². The van der Waals surface area contributed by atoms with Gasteiger partial charge in [0.2, 0.25) is 0 Å². The van der Waals surface area contributed by atoms with Gasteiger partial charge in [0.15, 0.2) is 11.8 Å². The van der Waals surface area contributed by atoms with E-state index in [1.165, 1.54) is 24.2 Å². The van der Waals surface area contributed by atoms with Gasteiger partial charge in [-0.05, 0) is 18.2 Å². The summed E-state index contributed by atoms with van der Waals surface area (Å²) >= 11 is 0. The molecular formula is C19H19N5O5. The fourth-order valence-corrected chi connectivity index (χ4v) is 2.86. The van der Waals surface area contributed by atoms with Crippen LogP contribution in [0, 0.1) is 0 Å². The van der Waals surface area contributed by atoms with E-state index >= 15 is 0 Å². The molecular weight excluding hydrogens is 378 g/mol. The van der Waals surface area contributed by atoms with Crippen LogP contribution < -0.4 is 10.2 Å². The molecule has 1 aliphatic heterocycles. The molecule has 10 nitrogen and oxygen atoms in total. The summed E-state index contributed by atoms with van der Waals surface area (Å²) in [6.45, 7) is -0.146. The number of urea groups is 1. The van der Waals surface area contributed by atoms with Gasteiger partial charge in [0.1, 0.15) is 0 Å². The Morgan fingerprint density at radius 3 is 2.79 bits per heavy atom. The third-order valence-electron chi connectivity index (χ3n) is 4.32. The molecule has 0 spiro atoms. The van der Waals surface area contributed by atoms with E-state index < -0.39 is 29.7 Å². The van der Waals surface area contributed by atoms with Gasteiger partial charge in [-0.3, -0.25) is 19.3 Å². The molecule has 0 saturated carbocycles. The molecule has 1 aromatic heterocycles. The highest BCUT2D eigenvalue weighted by atomic mass is 16.4. The summed E-state index contributed by atoms with van der Waals surface area (Å²) in [5.74, 6) is -2.19. The van der Waals surface area contributed by atoms with E-state index in [0.717, 1.165) is 4.90 Å². The molecule has 1 aliphatic rings. The van der Waals surface area contributed by atoms with Crippen molar-refractivity contribution in [3.05, 3.63) is 55.3 Å². The first kappa shape index (κ1) is 19.8. The Morgan fingerprint density at radius 2 is 2.10 bits per heavy atom. The number of likely N-dealkylation sites (N-methyl/N-ethyl adjacent to an activating group) is 1. The molecule has 0 bridgehead atoms. The lowest BCUT2D eigenvalue weighted by Gasteiger charge is -2.33. The Kier molecular flexibility index (Phi) is 5.72. The van der Waals surface area contributed by atoms with Crippen LogP contribution in [-0.4, -0.2) is 62.9 Å². The lowest BCUT2D eigenvalue weighted by atomic mass is 10.1. The minimum atomic E-state index is -1.40. The van der Waals surface area contributed by atoms with Crippen molar-refractivity contribution in [2.24, 2.45) is 0 Å². The summed E-state index contributed by atoms with van der Waals surface area (Å²) in [6.07, 6.45) is 7.15. The van der Waals surface area contributed by atoms with Gasteiger partial charge in [-0.25, -0.2) is 9.78 Å². The van der Waals surface area contributed by atoms with E-state index in [1.54, 1.807) is 47.6 Å². The standard InChI is InChI=1S/C19H19N5O5/c1-22-9-6-15(25)17(18(22)28)24(19(29)21-7-5-16(26)27)14-4-2-3-13(11-14)23-10-8-20-12-23/h2-4,6,8-12,17H,5,7H2,1H3,(H,21,29)(H,26,27)/t17-/m0/s1. The number of ketones is 1. The van der Waals surface area contributed by atoms with E-state index in [9.17, 15) is 19.2 Å². The Balaban J connectivity index is 1.99. The van der Waals surface area contributed by atoms with Gasteiger partial charge in [-0.2, -0.15) is 0 Å². The summed E-state index contributed by atoms with van der Waals surface area (Å²) in [4.78, 5) is 55.1. The minimum absolute atomic E-state index is 0.146. The molecule has 2 N–H and O–H groups in total. The first-order chi connectivity index (χ1) is 13.9. The zero-order chi connectivity index (χ0) is 21.0. The molecule has 29 heavy (non-hydrogen) atoms. The van der Waals surface area contributed by atoms with E-state index in [4.69, 9.17) is 5.11 Å². The first-order valence-corrected chi connectivity index (χ1v) is 8.74. The molecule has 1 aromatic carbocycles. The largest absolute Gasteiger partial charge is 0.481 e. The number of hydrogen-bond acceptors (Lipinski definition) is 5. The Bertz CT molecular complexity index is 969. The summed E-state index contributed by atoms with van der Waals surface area (Å²) in [5.41, 5.74) is 0.974. The SMILES string of the molecule is CN1C=CC(=O)[C@H](N(C(=O)NCCC(=O)O)c2cccc(-n3ccnc3)c2)C1=O. The summed E-state index contributed by atoms with van der Waals surface area (Å²) in [6, 6.07) is 4.55. The average molecular weight is 397 g/mol. The van der Waals surface area contributed by atoms with E-state index in [2.05, 4.69) is 10.3 Å². The van der Waals surface area contributed by atoms with Crippen molar-refractivity contribution in [1.29, 1.82) is 0 Å². The highest BCUT2D eigenvalue weighted by Crippen LogP contribution is 2.24.